The number of hydrogen-bond acceptors (Lipinski definition) is 3. The van der Waals surface area contributed by atoms with E-state index in [2.05, 4.69) is 0 Å². The Balaban J connectivity index is 2.11. The van der Waals surface area contributed by atoms with E-state index < -0.39 is 0 Å². The second-order valence-electron chi connectivity index (χ2n) is 4.01. The predicted molar refractivity (Wildman–Crippen MR) is 47.2 cm³/mol. The van der Waals surface area contributed by atoms with Gasteiger partial charge in [0.25, 0.3) is 0 Å². The Morgan fingerprint density at radius 1 is 1.38 bits per heavy atom. The quantitative estimate of drug-likeness (QED) is 0.608. The average Bonchev–Trinajstić information content (AvgIpc) is 2.86. The largest absolute Gasteiger partial charge is 0.469 e. The summed E-state index contributed by atoms with van der Waals surface area (Å²) in [6, 6.07) is 0. The van der Waals surface area contributed by atoms with Gasteiger partial charge >= 0.3 is 5.97 Å². The number of hydrogen-bond donors (Lipinski definition) is 0. The van der Waals surface area contributed by atoms with Gasteiger partial charge in [-0.3, -0.25) is 4.79 Å². The summed E-state index contributed by atoms with van der Waals surface area (Å²) < 4.78 is 10.3. The molecule has 0 aliphatic heterocycles. The van der Waals surface area contributed by atoms with E-state index in [0.29, 0.717) is 5.92 Å². The Morgan fingerprint density at radius 3 is 2.69 bits per heavy atom. The molecule has 0 aromatic carbocycles. The Morgan fingerprint density at radius 2 is 2.15 bits per heavy atom. The van der Waals surface area contributed by atoms with Crippen molar-refractivity contribution in [3.63, 3.8) is 0 Å². The van der Waals surface area contributed by atoms with Crippen LogP contribution in [0.1, 0.15) is 25.7 Å². The smallest absolute Gasteiger partial charge is 0.312 e. The monoisotopic (exact) mass is 184 g/mol. The number of carbonyl (C=O) groups is 1. The van der Waals surface area contributed by atoms with E-state index >= 15 is 0 Å². The molecule has 0 bridgehead atoms. The predicted octanol–water partition coefficient (Wildman–Crippen LogP) is 1.36. The van der Waals surface area contributed by atoms with Gasteiger partial charge in [-0.1, -0.05) is 12.8 Å². The van der Waals surface area contributed by atoms with Crippen molar-refractivity contribution < 1.29 is 14.3 Å². The summed E-state index contributed by atoms with van der Waals surface area (Å²) in [6.07, 6.45) is 4.54. The normalized spacial score (nSPS) is 42.3. The molecular formula is C10H16O3. The molecule has 0 aromatic heterocycles. The molecule has 13 heavy (non-hydrogen) atoms. The van der Waals surface area contributed by atoms with Gasteiger partial charge in [0, 0.05) is 13.0 Å². The second-order valence-corrected chi connectivity index (χ2v) is 4.01. The molecule has 3 atom stereocenters. The van der Waals surface area contributed by atoms with Gasteiger partial charge in [-0.2, -0.15) is 0 Å². The van der Waals surface area contributed by atoms with Crippen molar-refractivity contribution in [2.75, 3.05) is 14.2 Å². The molecule has 2 rings (SSSR count). The standard InChI is InChI=1S/C10H16O3/c1-12-9(11)8-7-5-3-4-6-10(7,8)13-2/h7-8H,3-6H2,1-2H3/t7-,8?,10+/m1/s1. The molecule has 2 aliphatic carbocycles. The molecule has 2 aliphatic rings. The zero-order valence-electron chi connectivity index (χ0n) is 8.21. The number of carbonyl (C=O) groups excluding carboxylic acids is 1. The summed E-state index contributed by atoms with van der Waals surface area (Å²) in [5, 5.41) is 0. The molecule has 74 valence electrons. The third-order valence-electron chi connectivity index (χ3n) is 3.62. The van der Waals surface area contributed by atoms with Crippen LogP contribution < -0.4 is 0 Å². The number of methoxy groups -OCH3 is 2. The van der Waals surface area contributed by atoms with Crippen LogP contribution in [0.15, 0.2) is 0 Å². The van der Waals surface area contributed by atoms with Crippen LogP contribution in [-0.2, 0) is 14.3 Å². The molecular weight excluding hydrogens is 168 g/mol. The molecule has 2 saturated carbocycles. The molecule has 3 nitrogen and oxygen atoms in total. The van der Waals surface area contributed by atoms with Crippen molar-refractivity contribution in [2.24, 2.45) is 11.8 Å². The maximum Gasteiger partial charge on any atom is 0.312 e. The van der Waals surface area contributed by atoms with Gasteiger partial charge in [-0.15, -0.1) is 0 Å². The number of esters is 1. The lowest BCUT2D eigenvalue weighted by atomic mass is 9.98. The molecule has 1 unspecified atom stereocenters. The molecule has 3 heteroatoms. The van der Waals surface area contributed by atoms with E-state index in [1.165, 1.54) is 20.0 Å². The van der Waals surface area contributed by atoms with Gasteiger partial charge in [-0.25, -0.2) is 0 Å². The lowest BCUT2D eigenvalue weighted by molar-refractivity contribution is -0.144. The fourth-order valence-corrected chi connectivity index (χ4v) is 2.88. The van der Waals surface area contributed by atoms with Gasteiger partial charge in [0.05, 0.1) is 18.6 Å². The van der Waals surface area contributed by atoms with E-state index in [0.717, 1.165) is 12.8 Å². The highest BCUT2D eigenvalue weighted by Crippen LogP contribution is 2.61. The molecule has 0 heterocycles. The minimum absolute atomic E-state index is 0.0185. The first kappa shape index (κ1) is 9.00. The highest BCUT2D eigenvalue weighted by molar-refractivity contribution is 5.78. The second kappa shape index (κ2) is 2.98. The summed E-state index contributed by atoms with van der Waals surface area (Å²) >= 11 is 0. The first-order valence-electron chi connectivity index (χ1n) is 4.89. The molecule has 2 fully saturated rings. The van der Waals surface area contributed by atoms with Gasteiger partial charge in [0.2, 0.25) is 0 Å². The third kappa shape index (κ3) is 1.10. The number of rotatable bonds is 2. The van der Waals surface area contributed by atoms with Crippen molar-refractivity contribution in [1.29, 1.82) is 0 Å². The van der Waals surface area contributed by atoms with Crippen molar-refractivity contribution in [3.05, 3.63) is 0 Å². The van der Waals surface area contributed by atoms with E-state index in [1.54, 1.807) is 7.11 Å². The van der Waals surface area contributed by atoms with Gasteiger partial charge in [0.15, 0.2) is 0 Å². The molecule has 0 spiro atoms. The van der Waals surface area contributed by atoms with Gasteiger partial charge in [0.1, 0.15) is 0 Å². The molecule has 0 amide bonds. The van der Waals surface area contributed by atoms with Crippen LogP contribution in [0.4, 0.5) is 0 Å². The van der Waals surface area contributed by atoms with Crippen molar-refractivity contribution in [3.8, 4) is 0 Å². The first-order chi connectivity index (χ1) is 6.26. The van der Waals surface area contributed by atoms with Crippen LogP contribution >= 0.6 is 0 Å². The van der Waals surface area contributed by atoms with E-state index in [9.17, 15) is 4.79 Å². The summed E-state index contributed by atoms with van der Waals surface area (Å²) in [4.78, 5) is 11.4. The molecule has 0 saturated heterocycles. The Kier molecular flexibility index (Phi) is 2.06. The molecule has 0 N–H and O–H groups in total. The lowest BCUT2D eigenvalue weighted by Crippen LogP contribution is -2.22. The van der Waals surface area contributed by atoms with Crippen molar-refractivity contribution in [1.82, 2.24) is 0 Å². The zero-order valence-corrected chi connectivity index (χ0v) is 8.21. The fourth-order valence-electron chi connectivity index (χ4n) is 2.88. The van der Waals surface area contributed by atoms with E-state index in [-0.39, 0.29) is 17.5 Å². The lowest BCUT2D eigenvalue weighted by Gasteiger charge is -2.19. The Hall–Kier alpha value is -0.570. The van der Waals surface area contributed by atoms with Gasteiger partial charge in [-0.05, 0) is 12.8 Å². The highest BCUT2D eigenvalue weighted by Gasteiger charge is 2.69. The first-order valence-corrected chi connectivity index (χ1v) is 4.89. The maximum atomic E-state index is 11.4. The van der Waals surface area contributed by atoms with Crippen molar-refractivity contribution >= 4 is 5.97 Å². The topological polar surface area (TPSA) is 35.5 Å². The minimum atomic E-state index is -0.147. The van der Waals surface area contributed by atoms with Crippen LogP contribution in [0.5, 0.6) is 0 Å². The Bertz CT molecular complexity index is 226. The number of ether oxygens (including phenoxy) is 2. The van der Waals surface area contributed by atoms with Crippen LogP contribution in [-0.4, -0.2) is 25.8 Å². The summed E-state index contributed by atoms with van der Waals surface area (Å²) in [7, 11) is 3.16. The average molecular weight is 184 g/mol. The Labute approximate surface area is 78.4 Å². The van der Waals surface area contributed by atoms with E-state index in [1.807, 2.05) is 0 Å². The SMILES string of the molecule is COC(=O)C1[C@H]2CCCC[C@@]12OC. The van der Waals surface area contributed by atoms with Crippen molar-refractivity contribution in [2.45, 2.75) is 31.3 Å². The fraction of sp³-hybridized carbons (Fsp3) is 0.900. The highest BCUT2D eigenvalue weighted by atomic mass is 16.5. The minimum Gasteiger partial charge on any atom is -0.469 e. The zero-order chi connectivity index (χ0) is 9.47. The third-order valence-corrected chi connectivity index (χ3v) is 3.62. The maximum absolute atomic E-state index is 11.4. The van der Waals surface area contributed by atoms with Crippen LogP contribution in [0.2, 0.25) is 0 Å². The van der Waals surface area contributed by atoms with Crippen LogP contribution in [0.25, 0.3) is 0 Å². The molecule has 0 radical (unpaired) electrons. The summed E-state index contributed by atoms with van der Waals surface area (Å²) in [5.41, 5.74) is -0.147. The van der Waals surface area contributed by atoms with Crippen LogP contribution in [0, 0.1) is 11.8 Å². The number of fused-ring (bicyclic) bond motifs is 1. The summed E-state index contributed by atoms with van der Waals surface area (Å²) in [6.45, 7) is 0. The summed E-state index contributed by atoms with van der Waals surface area (Å²) in [5.74, 6) is 0.359. The molecule has 0 aromatic rings. The van der Waals surface area contributed by atoms with Crippen LogP contribution in [0.3, 0.4) is 0 Å². The van der Waals surface area contributed by atoms with Gasteiger partial charge < -0.3 is 9.47 Å². The van der Waals surface area contributed by atoms with E-state index in [4.69, 9.17) is 9.47 Å².